The first kappa shape index (κ1) is 12.1. The highest BCUT2D eigenvalue weighted by Crippen LogP contribution is 2.25. The first-order valence-electron chi connectivity index (χ1n) is 5.33. The molecule has 0 aliphatic heterocycles. The van der Waals surface area contributed by atoms with Crippen LogP contribution >= 0.6 is 0 Å². The Morgan fingerprint density at radius 2 is 1.89 bits per heavy atom. The van der Waals surface area contributed by atoms with Gasteiger partial charge in [-0.1, -0.05) is 6.07 Å². The lowest BCUT2D eigenvalue weighted by Gasteiger charge is -2.11. The van der Waals surface area contributed by atoms with Crippen molar-refractivity contribution in [3.8, 4) is 6.07 Å². The summed E-state index contributed by atoms with van der Waals surface area (Å²) in [6.45, 7) is 1.73. The normalized spacial score (nSPS) is 9.89. The van der Waals surface area contributed by atoms with Gasteiger partial charge in [0.15, 0.2) is 0 Å². The maximum atomic E-state index is 13.4. The Morgan fingerprint density at radius 3 is 2.56 bits per heavy atom. The molecule has 0 amide bonds. The quantitative estimate of drug-likeness (QED) is 0.869. The summed E-state index contributed by atoms with van der Waals surface area (Å²) in [7, 11) is 0. The maximum absolute atomic E-state index is 13.4. The summed E-state index contributed by atoms with van der Waals surface area (Å²) in [6.07, 6.45) is 0. The van der Waals surface area contributed by atoms with Gasteiger partial charge in [-0.05, 0) is 42.8 Å². The van der Waals surface area contributed by atoms with Crippen molar-refractivity contribution >= 4 is 11.4 Å². The van der Waals surface area contributed by atoms with Gasteiger partial charge >= 0.3 is 0 Å². The second kappa shape index (κ2) is 4.84. The molecule has 0 aromatic heterocycles. The molecule has 0 bridgehead atoms. The molecule has 4 heteroatoms. The van der Waals surface area contributed by atoms with Crippen molar-refractivity contribution in [1.82, 2.24) is 0 Å². The fourth-order valence-electron chi connectivity index (χ4n) is 1.65. The fraction of sp³-hybridized carbons (Fsp3) is 0.0714. The van der Waals surface area contributed by atoms with Crippen molar-refractivity contribution in [3.63, 3.8) is 0 Å². The molecule has 0 saturated carbocycles. The number of hydrogen-bond donors (Lipinski definition) is 1. The highest BCUT2D eigenvalue weighted by molar-refractivity contribution is 5.68. The molecule has 2 aromatic rings. The molecule has 0 saturated heterocycles. The van der Waals surface area contributed by atoms with Gasteiger partial charge in [-0.3, -0.25) is 0 Å². The number of rotatable bonds is 2. The second-order valence-electron chi connectivity index (χ2n) is 3.86. The first-order chi connectivity index (χ1) is 8.61. The largest absolute Gasteiger partial charge is 0.354 e. The Kier molecular flexibility index (Phi) is 3.24. The Balaban J connectivity index is 2.41. The van der Waals surface area contributed by atoms with E-state index in [0.29, 0.717) is 16.9 Å². The van der Waals surface area contributed by atoms with E-state index in [1.54, 1.807) is 25.1 Å². The molecule has 0 unspecified atom stereocenters. The summed E-state index contributed by atoms with van der Waals surface area (Å²) >= 11 is 0. The molecule has 2 aromatic carbocycles. The molecule has 2 nitrogen and oxygen atoms in total. The lowest BCUT2D eigenvalue weighted by atomic mass is 10.1. The van der Waals surface area contributed by atoms with E-state index in [1.807, 2.05) is 0 Å². The van der Waals surface area contributed by atoms with Crippen molar-refractivity contribution in [2.45, 2.75) is 6.92 Å². The average molecular weight is 244 g/mol. The number of nitrogens with zero attached hydrogens (tertiary/aromatic N) is 1. The molecular weight excluding hydrogens is 234 g/mol. The zero-order valence-electron chi connectivity index (χ0n) is 9.67. The van der Waals surface area contributed by atoms with E-state index in [9.17, 15) is 8.78 Å². The summed E-state index contributed by atoms with van der Waals surface area (Å²) in [5.41, 5.74) is 1.63. The topological polar surface area (TPSA) is 35.8 Å². The van der Waals surface area contributed by atoms with Gasteiger partial charge in [-0.2, -0.15) is 5.26 Å². The van der Waals surface area contributed by atoms with Crippen molar-refractivity contribution < 1.29 is 8.78 Å². The zero-order chi connectivity index (χ0) is 13.1. The van der Waals surface area contributed by atoms with Crippen LogP contribution in [0.15, 0.2) is 36.4 Å². The fourth-order valence-corrected chi connectivity index (χ4v) is 1.65. The smallest absolute Gasteiger partial charge is 0.143 e. The standard InChI is InChI=1S/C14H10F2N2/c1-9-7-10(15)5-6-13(9)18-14-4-2-3-12(16)11(14)8-17/h2-7,18H,1H3. The van der Waals surface area contributed by atoms with Gasteiger partial charge in [-0.15, -0.1) is 0 Å². The minimum atomic E-state index is -0.581. The number of nitrogens with one attached hydrogen (secondary N) is 1. The molecule has 0 aliphatic carbocycles. The molecule has 1 N–H and O–H groups in total. The summed E-state index contributed by atoms with van der Waals surface area (Å²) in [5.74, 6) is -0.917. The molecule has 0 atom stereocenters. The lowest BCUT2D eigenvalue weighted by molar-refractivity contribution is 0.624. The number of nitriles is 1. The van der Waals surface area contributed by atoms with Gasteiger partial charge in [0.25, 0.3) is 0 Å². The van der Waals surface area contributed by atoms with Crippen LogP contribution < -0.4 is 5.32 Å². The van der Waals surface area contributed by atoms with E-state index in [-0.39, 0.29) is 11.4 Å². The van der Waals surface area contributed by atoms with Crippen LogP contribution in [0.4, 0.5) is 20.2 Å². The van der Waals surface area contributed by atoms with Crippen LogP contribution in [0.5, 0.6) is 0 Å². The molecule has 2 rings (SSSR count). The molecule has 0 spiro atoms. The molecule has 18 heavy (non-hydrogen) atoms. The summed E-state index contributed by atoms with van der Waals surface area (Å²) in [5, 5.41) is 11.8. The van der Waals surface area contributed by atoms with Crippen molar-refractivity contribution in [3.05, 3.63) is 59.2 Å². The lowest BCUT2D eigenvalue weighted by Crippen LogP contribution is -1.98. The number of aryl methyl sites for hydroxylation is 1. The van der Waals surface area contributed by atoms with Crippen LogP contribution in [0.2, 0.25) is 0 Å². The van der Waals surface area contributed by atoms with Crippen LogP contribution in [0.1, 0.15) is 11.1 Å². The molecule has 0 aliphatic rings. The van der Waals surface area contributed by atoms with Gasteiger partial charge in [0, 0.05) is 5.69 Å². The molecule has 0 radical (unpaired) electrons. The van der Waals surface area contributed by atoms with Gasteiger partial charge in [-0.25, -0.2) is 8.78 Å². The predicted molar refractivity (Wildman–Crippen MR) is 65.5 cm³/mol. The van der Waals surface area contributed by atoms with E-state index < -0.39 is 5.82 Å². The van der Waals surface area contributed by atoms with Crippen LogP contribution in [0.3, 0.4) is 0 Å². The molecular formula is C14H10F2N2. The summed E-state index contributed by atoms with van der Waals surface area (Å²) in [6, 6.07) is 10.4. The second-order valence-corrected chi connectivity index (χ2v) is 3.86. The van der Waals surface area contributed by atoms with Crippen molar-refractivity contribution in [1.29, 1.82) is 5.26 Å². The summed E-state index contributed by atoms with van der Waals surface area (Å²) < 4.78 is 26.4. The Morgan fingerprint density at radius 1 is 1.11 bits per heavy atom. The highest BCUT2D eigenvalue weighted by atomic mass is 19.1. The minimum Gasteiger partial charge on any atom is -0.354 e. The van der Waals surface area contributed by atoms with Crippen LogP contribution in [0.25, 0.3) is 0 Å². The third-order valence-corrected chi connectivity index (χ3v) is 2.58. The predicted octanol–water partition coefficient (Wildman–Crippen LogP) is 3.89. The van der Waals surface area contributed by atoms with Gasteiger partial charge in [0.2, 0.25) is 0 Å². The first-order valence-corrected chi connectivity index (χ1v) is 5.33. The van der Waals surface area contributed by atoms with E-state index in [2.05, 4.69) is 5.32 Å². The molecule has 0 heterocycles. The Bertz CT molecular complexity index is 630. The van der Waals surface area contributed by atoms with Gasteiger partial charge < -0.3 is 5.32 Å². The number of benzene rings is 2. The number of halogens is 2. The van der Waals surface area contributed by atoms with Crippen molar-refractivity contribution in [2.75, 3.05) is 5.32 Å². The zero-order valence-corrected chi connectivity index (χ0v) is 9.67. The van der Waals surface area contributed by atoms with Crippen LogP contribution in [-0.4, -0.2) is 0 Å². The third-order valence-electron chi connectivity index (χ3n) is 2.58. The minimum absolute atomic E-state index is 0.0544. The van der Waals surface area contributed by atoms with E-state index in [1.165, 1.54) is 24.3 Å². The van der Waals surface area contributed by atoms with Gasteiger partial charge in [0.05, 0.1) is 5.69 Å². The molecule has 0 fully saturated rings. The number of hydrogen-bond acceptors (Lipinski definition) is 2. The summed E-state index contributed by atoms with van der Waals surface area (Å²) in [4.78, 5) is 0. The number of anilines is 2. The van der Waals surface area contributed by atoms with E-state index in [4.69, 9.17) is 5.26 Å². The monoisotopic (exact) mass is 244 g/mol. The molecule has 90 valence electrons. The third kappa shape index (κ3) is 2.30. The van der Waals surface area contributed by atoms with E-state index in [0.717, 1.165) is 0 Å². The SMILES string of the molecule is Cc1cc(F)ccc1Nc1cccc(F)c1C#N. The Hall–Kier alpha value is -2.41. The van der Waals surface area contributed by atoms with Crippen LogP contribution in [0, 0.1) is 29.9 Å². The van der Waals surface area contributed by atoms with E-state index >= 15 is 0 Å². The average Bonchev–Trinajstić information content (AvgIpc) is 2.33. The van der Waals surface area contributed by atoms with Crippen LogP contribution in [-0.2, 0) is 0 Å². The highest BCUT2D eigenvalue weighted by Gasteiger charge is 2.08. The maximum Gasteiger partial charge on any atom is 0.143 e. The van der Waals surface area contributed by atoms with Gasteiger partial charge in [0.1, 0.15) is 23.3 Å². The Labute approximate surface area is 103 Å². The van der Waals surface area contributed by atoms with Crippen molar-refractivity contribution in [2.24, 2.45) is 0 Å².